The molecule has 2 heterocycles. The first-order chi connectivity index (χ1) is 9.57. The van der Waals surface area contributed by atoms with E-state index in [1.165, 1.54) is 6.07 Å². The van der Waals surface area contributed by atoms with Crippen molar-refractivity contribution in [1.82, 2.24) is 9.55 Å². The molecule has 3 nitrogen and oxygen atoms in total. The average molecular weight is 301 g/mol. The molecule has 0 spiro atoms. The van der Waals surface area contributed by atoms with E-state index in [4.69, 9.17) is 16.3 Å². The minimum absolute atomic E-state index is 0.207. The Hall–Kier alpha value is -1.20. The lowest BCUT2D eigenvalue weighted by Crippen LogP contribution is -2.32. The minimum atomic E-state index is -0.862. The molecule has 1 aromatic carbocycles. The van der Waals surface area contributed by atoms with Crippen molar-refractivity contribution in [2.24, 2.45) is 0 Å². The van der Waals surface area contributed by atoms with Crippen LogP contribution in [0.1, 0.15) is 19.2 Å². The molecule has 0 bridgehead atoms. The van der Waals surface area contributed by atoms with Gasteiger partial charge in [-0.15, -0.1) is 11.6 Å². The fourth-order valence-electron chi connectivity index (χ4n) is 2.82. The third-order valence-corrected chi connectivity index (χ3v) is 4.02. The van der Waals surface area contributed by atoms with Gasteiger partial charge in [-0.1, -0.05) is 0 Å². The van der Waals surface area contributed by atoms with Crippen LogP contribution < -0.4 is 0 Å². The highest BCUT2D eigenvalue weighted by Gasteiger charge is 2.36. The summed E-state index contributed by atoms with van der Waals surface area (Å²) in [6, 6.07) is 2.61. The third-order valence-electron chi connectivity index (χ3n) is 3.83. The number of ether oxygens (including phenoxy) is 1. The topological polar surface area (TPSA) is 27.1 Å². The van der Waals surface area contributed by atoms with Gasteiger partial charge in [0.1, 0.15) is 11.3 Å². The van der Waals surface area contributed by atoms with E-state index >= 15 is 0 Å². The first kappa shape index (κ1) is 13.8. The van der Waals surface area contributed by atoms with Crippen LogP contribution >= 0.6 is 11.6 Å². The molecule has 1 aliphatic heterocycles. The summed E-state index contributed by atoms with van der Waals surface area (Å²) in [6.45, 7) is 3.04. The van der Waals surface area contributed by atoms with Gasteiger partial charge in [-0.2, -0.15) is 0 Å². The lowest BCUT2D eigenvalue weighted by molar-refractivity contribution is 0.161. The monoisotopic (exact) mass is 300 g/mol. The van der Waals surface area contributed by atoms with Crippen LogP contribution in [-0.4, -0.2) is 28.6 Å². The smallest absolute Gasteiger partial charge is 0.184 e. The van der Waals surface area contributed by atoms with E-state index < -0.39 is 17.2 Å². The second-order valence-corrected chi connectivity index (χ2v) is 5.71. The third kappa shape index (κ3) is 2.00. The van der Waals surface area contributed by atoms with Gasteiger partial charge in [0.2, 0.25) is 0 Å². The zero-order chi connectivity index (χ0) is 14.3. The van der Waals surface area contributed by atoms with E-state index in [1.54, 1.807) is 4.57 Å². The summed E-state index contributed by atoms with van der Waals surface area (Å²) in [4.78, 5) is 4.41. The average Bonchev–Trinajstić information content (AvgIpc) is 3.00. The van der Waals surface area contributed by atoms with E-state index in [-0.39, 0.29) is 5.52 Å². The molecule has 1 unspecified atom stereocenters. The molecule has 0 radical (unpaired) electrons. The largest absolute Gasteiger partial charge is 0.379 e. The van der Waals surface area contributed by atoms with Gasteiger partial charge in [-0.05, 0) is 25.5 Å². The Kier molecular flexibility index (Phi) is 3.42. The SMILES string of the molecule is CC1(n2c(CCCl)nc3ccc(F)c(F)c32)CCOC1. The van der Waals surface area contributed by atoms with Gasteiger partial charge in [0.25, 0.3) is 0 Å². The summed E-state index contributed by atoms with van der Waals surface area (Å²) in [7, 11) is 0. The van der Waals surface area contributed by atoms with Crippen LogP contribution in [-0.2, 0) is 16.7 Å². The molecule has 1 aromatic heterocycles. The van der Waals surface area contributed by atoms with Crippen molar-refractivity contribution < 1.29 is 13.5 Å². The quantitative estimate of drug-likeness (QED) is 0.814. The number of halogens is 3. The van der Waals surface area contributed by atoms with Gasteiger partial charge < -0.3 is 9.30 Å². The maximum atomic E-state index is 14.2. The molecular weight excluding hydrogens is 286 g/mol. The van der Waals surface area contributed by atoms with Crippen molar-refractivity contribution in [3.63, 3.8) is 0 Å². The predicted octanol–water partition coefficient (Wildman–Crippen LogP) is 3.23. The van der Waals surface area contributed by atoms with Crippen molar-refractivity contribution >= 4 is 22.6 Å². The van der Waals surface area contributed by atoms with E-state index in [9.17, 15) is 8.78 Å². The summed E-state index contributed by atoms with van der Waals surface area (Å²) in [6.07, 6.45) is 1.25. The molecule has 6 heteroatoms. The maximum Gasteiger partial charge on any atom is 0.184 e. The highest BCUT2D eigenvalue weighted by molar-refractivity contribution is 6.17. The number of imidazole rings is 1. The first-order valence-electron chi connectivity index (χ1n) is 6.56. The molecular formula is C14H15ClF2N2O. The van der Waals surface area contributed by atoms with Gasteiger partial charge >= 0.3 is 0 Å². The molecule has 0 N–H and O–H groups in total. The molecule has 0 amide bonds. The molecule has 0 saturated carbocycles. The van der Waals surface area contributed by atoms with Crippen molar-refractivity contribution in [2.75, 3.05) is 19.1 Å². The van der Waals surface area contributed by atoms with E-state index in [1.807, 2.05) is 6.92 Å². The van der Waals surface area contributed by atoms with Gasteiger partial charge in [-0.3, -0.25) is 0 Å². The summed E-state index contributed by atoms with van der Waals surface area (Å²) >= 11 is 5.81. The number of hydrogen-bond donors (Lipinski definition) is 0. The van der Waals surface area contributed by atoms with Crippen molar-refractivity contribution in [3.8, 4) is 0 Å². The number of alkyl halides is 1. The Bertz CT molecular complexity index is 650. The highest BCUT2D eigenvalue weighted by Crippen LogP contribution is 2.34. The Morgan fingerprint density at radius 2 is 2.25 bits per heavy atom. The molecule has 20 heavy (non-hydrogen) atoms. The number of aromatic nitrogens is 2. The molecule has 3 rings (SSSR count). The predicted molar refractivity (Wildman–Crippen MR) is 73.2 cm³/mol. The molecule has 0 aliphatic carbocycles. The minimum Gasteiger partial charge on any atom is -0.379 e. The molecule has 1 aliphatic rings. The summed E-state index contributed by atoms with van der Waals surface area (Å²) < 4.78 is 35.0. The van der Waals surface area contributed by atoms with Gasteiger partial charge in [0.05, 0.1) is 17.7 Å². The number of aryl methyl sites for hydroxylation is 1. The second kappa shape index (κ2) is 4.97. The normalized spacial score (nSPS) is 22.8. The molecule has 108 valence electrons. The fraction of sp³-hybridized carbons (Fsp3) is 0.500. The second-order valence-electron chi connectivity index (χ2n) is 5.33. The van der Waals surface area contributed by atoms with Crippen LogP contribution in [0.15, 0.2) is 12.1 Å². The van der Waals surface area contributed by atoms with Crippen LogP contribution in [0.3, 0.4) is 0 Å². The number of hydrogen-bond acceptors (Lipinski definition) is 2. The summed E-state index contributed by atoms with van der Waals surface area (Å²) in [5.74, 6) is -0.667. The van der Waals surface area contributed by atoms with Crippen LogP contribution in [0.5, 0.6) is 0 Å². The van der Waals surface area contributed by atoms with Crippen molar-refractivity contribution in [2.45, 2.75) is 25.3 Å². The summed E-state index contributed by atoms with van der Waals surface area (Å²) in [5, 5.41) is 0. The molecule has 1 fully saturated rings. The van der Waals surface area contributed by atoms with Crippen LogP contribution in [0.25, 0.3) is 11.0 Å². The number of nitrogens with zero attached hydrogens (tertiary/aromatic N) is 2. The van der Waals surface area contributed by atoms with E-state index in [0.717, 1.165) is 12.5 Å². The zero-order valence-electron chi connectivity index (χ0n) is 11.1. The van der Waals surface area contributed by atoms with Crippen LogP contribution in [0, 0.1) is 11.6 Å². The molecule has 2 aromatic rings. The lowest BCUT2D eigenvalue weighted by atomic mass is 10.0. The van der Waals surface area contributed by atoms with Gasteiger partial charge in [0, 0.05) is 18.9 Å². The summed E-state index contributed by atoms with van der Waals surface area (Å²) in [5.41, 5.74) is 0.250. The van der Waals surface area contributed by atoms with E-state index in [0.29, 0.717) is 36.9 Å². The van der Waals surface area contributed by atoms with Gasteiger partial charge in [-0.25, -0.2) is 13.8 Å². The van der Waals surface area contributed by atoms with Crippen molar-refractivity contribution in [3.05, 3.63) is 29.6 Å². The van der Waals surface area contributed by atoms with Gasteiger partial charge in [0.15, 0.2) is 11.6 Å². The first-order valence-corrected chi connectivity index (χ1v) is 7.10. The lowest BCUT2D eigenvalue weighted by Gasteiger charge is -2.27. The Morgan fingerprint density at radius 3 is 2.90 bits per heavy atom. The fourth-order valence-corrected chi connectivity index (χ4v) is 2.99. The van der Waals surface area contributed by atoms with E-state index in [2.05, 4.69) is 4.98 Å². The Morgan fingerprint density at radius 1 is 1.45 bits per heavy atom. The number of rotatable bonds is 3. The zero-order valence-corrected chi connectivity index (χ0v) is 11.9. The Balaban J connectivity index is 2.30. The molecule has 1 atom stereocenters. The highest BCUT2D eigenvalue weighted by atomic mass is 35.5. The van der Waals surface area contributed by atoms with Crippen LogP contribution in [0.4, 0.5) is 8.78 Å². The number of benzene rings is 1. The van der Waals surface area contributed by atoms with Crippen LogP contribution in [0.2, 0.25) is 0 Å². The van der Waals surface area contributed by atoms with Crippen molar-refractivity contribution in [1.29, 1.82) is 0 Å². The number of fused-ring (bicyclic) bond motifs is 1. The molecule has 1 saturated heterocycles. The standard InChI is InChI=1S/C14H15ClF2N2O/c1-14(5-7-20-8-14)19-11(4-6-15)18-10-3-2-9(16)12(17)13(10)19/h2-3H,4-8H2,1H3. The maximum absolute atomic E-state index is 14.2. The Labute approximate surface area is 120 Å².